The molecule has 0 aliphatic carbocycles. The summed E-state index contributed by atoms with van der Waals surface area (Å²) in [6, 6.07) is -0.709. The molecule has 1 N–H and O–H groups in total. The molecule has 21 heavy (non-hydrogen) atoms. The van der Waals surface area contributed by atoms with Gasteiger partial charge in [0.1, 0.15) is 5.82 Å². The molecule has 0 spiro atoms. The van der Waals surface area contributed by atoms with Crippen LogP contribution in [0.1, 0.15) is 12.7 Å². The van der Waals surface area contributed by atoms with Gasteiger partial charge in [-0.25, -0.2) is 13.4 Å². The van der Waals surface area contributed by atoms with Crippen molar-refractivity contribution >= 4 is 16.0 Å². The molecule has 0 bridgehead atoms. The van der Waals surface area contributed by atoms with Gasteiger partial charge in [-0.3, -0.25) is 4.79 Å². The highest BCUT2D eigenvalue weighted by Crippen LogP contribution is 2.25. The van der Waals surface area contributed by atoms with Crippen molar-refractivity contribution in [2.75, 3.05) is 19.8 Å². The number of carbonyl (C=O) groups is 1. The number of ether oxygens (including phenoxy) is 1. The number of aryl methyl sites for hydroxylation is 2. The van der Waals surface area contributed by atoms with Crippen LogP contribution in [-0.2, 0) is 26.6 Å². The molecule has 1 fully saturated rings. The number of imidazole rings is 1. The second kappa shape index (κ2) is 5.74. The fourth-order valence-corrected chi connectivity index (χ4v) is 4.10. The molecule has 1 aromatic rings. The zero-order chi connectivity index (χ0) is 15.8. The van der Waals surface area contributed by atoms with Gasteiger partial charge in [-0.05, 0) is 6.92 Å². The van der Waals surface area contributed by atoms with Crippen LogP contribution in [0.4, 0.5) is 0 Å². The van der Waals surface area contributed by atoms with Crippen LogP contribution in [0, 0.1) is 12.8 Å². The molecular weight excluding hydrogens is 298 g/mol. The molecule has 2 heterocycles. The number of rotatable bonds is 5. The van der Waals surface area contributed by atoms with Gasteiger partial charge in [-0.1, -0.05) is 6.92 Å². The lowest BCUT2D eigenvalue weighted by molar-refractivity contribution is -0.142. The number of sulfonamides is 1. The van der Waals surface area contributed by atoms with Crippen molar-refractivity contribution in [1.82, 2.24) is 13.9 Å². The van der Waals surface area contributed by atoms with Gasteiger partial charge in [0.25, 0.3) is 10.0 Å². The Morgan fingerprint density at radius 3 is 2.71 bits per heavy atom. The summed E-state index contributed by atoms with van der Waals surface area (Å²) in [4.78, 5) is 15.3. The van der Waals surface area contributed by atoms with Crippen molar-refractivity contribution in [1.29, 1.82) is 0 Å². The summed E-state index contributed by atoms with van der Waals surface area (Å²) in [6.07, 6.45) is 1.43. The van der Waals surface area contributed by atoms with Crippen LogP contribution in [0.5, 0.6) is 0 Å². The van der Waals surface area contributed by atoms with Crippen LogP contribution in [0.3, 0.4) is 0 Å². The Balaban J connectivity index is 2.38. The number of nitrogens with zero attached hydrogens (tertiary/aromatic N) is 3. The molecule has 1 aliphatic heterocycles. The minimum Gasteiger partial charge on any atom is -0.481 e. The van der Waals surface area contributed by atoms with Crippen molar-refractivity contribution in [3.63, 3.8) is 0 Å². The van der Waals surface area contributed by atoms with E-state index in [9.17, 15) is 18.3 Å². The van der Waals surface area contributed by atoms with Gasteiger partial charge < -0.3 is 14.4 Å². The predicted octanol–water partition coefficient (Wildman–Crippen LogP) is -0.161. The Kier molecular flexibility index (Phi) is 4.35. The first-order valence-electron chi connectivity index (χ1n) is 6.61. The summed E-state index contributed by atoms with van der Waals surface area (Å²) < 4.78 is 33.3. The first kappa shape index (κ1) is 15.9. The van der Waals surface area contributed by atoms with E-state index in [-0.39, 0.29) is 24.8 Å². The SMILES string of the molecule is CCN(C1COCC1C(=O)O)S(=O)(=O)c1cn(C)c(C)n1. The van der Waals surface area contributed by atoms with Gasteiger partial charge in [0.15, 0.2) is 5.03 Å². The monoisotopic (exact) mass is 317 g/mol. The number of likely N-dealkylation sites (N-methyl/N-ethyl adjacent to an activating group) is 1. The van der Waals surface area contributed by atoms with Gasteiger partial charge in [0.2, 0.25) is 0 Å². The average molecular weight is 317 g/mol. The van der Waals surface area contributed by atoms with Crippen LogP contribution in [0.25, 0.3) is 0 Å². The lowest BCUT2D eigenvalue weighted by Crippen LogP contribution is -2.46. The number of hydrogen-bond acceptors (Lipinski definition) is 5. The molecule has 0 amide bonds. The van der Waals surface area contributed by atoms with Gasteiger partial charge >= 0.3 is 5.97 Å². The molecule has 2 unspecified atom stereocenters. The van der Waals surface area contributed by atoms with Gasteiger partial charge in [0, 0.05) is 19.8 Å². The molecule has 1 aliphatic rings. The summed E-state index contributed by atoms with van der Waals surface area (Å²) in [7, 11) is -2.14. The zero-order valence-corrected chi connectivity index (χ0v) is 13.0. The summed E-state index contributed by atoms with van der Waals surface area (Å²) in [6.45, 7) is 3.64. The average Bonchev–Trinajstić information content (AvgIpc) is 2.99. The second-order valence-electron chi connectivity index (χ2n) is 5.00. The Labute approximate surface area is 123 Å². The molecule has 8 nitrogen and oxygen atoms in total. The Bertz CT molecular complexity index is 620. The molecule has 9 heteroatoms. The van der Waals surface area contributed by atoms with Gasteiger partial charge in [-0.15, -0.1) is 0 Å². The fourth-order valence-electron chi connectivity index (χ4n) is 2.42. The van der Waals surface area contributed by atoms with E-state index in [1.165, 1.54) is 10.5 Å². The maximum Gasteiger partial charge on any atom is 0.310 e. The molecule has 0 saturated carbocycles. The molecule has 1 aromatic heterocycles. The fraction of sp³-hybridized carbons (Fsp3) is 0.667. The van der Waals surface area contributed by atoms with Crippen molar-refractivity contribution < 1.29 is 23.1 Å². The minimum absolute atomic E-state index is 0.0211. The van der Waals surface area contributed by atoms with Crippen LogP contribution in [0.2, 0.25) is 0 Å². The van der Waals surface area contributed by atoms with Crippen LogP contribution in [-0.4, -0.2) is 59.2 Å². The quantitative estimate of drug-likeness (QED) is 0.809. The van der Waals surface area contributed by atoms with Crippen molar-refractivity contribution in [2.45, 2.75) is 24.9 Å². The largest absolute Gasteiger partial charge is 0.481 e. The summed E-state index contributed by atoms with van der Waals surface area (Å²) in [5.41, 5.74) is 0. The molecule has 0 aromatic carbocycles. The molecule has 2 atom stereocenters. The Morgan fingerprint density at radius 2 is 2.24 bits per heavy atom. The Morgan fingerprint density at radius 1 is 1.57 bits per heavy atom. The zero-order valence-electron chi connectivity index (χ0n) is 12.2. The number of carboxylic acids is 1. The third-order valence-electron chi connectivity index (χ3n) is 3.71. The first-order chi connectivity index (χ1) is 9.78. The van der Waals surface area contributed by atoms with Crippen LogP contribution in [0.15, 0.2) is 11.2 Å². The molecule has 2 rings (SSSR count). The minimum atomic E-state index is -3.84. The van der Waals surface area contributed by atoms with E-state index < -0.39 is 28.0 Å². The first-order valence-corrected chi connectivity index (χ1v) is 8.05. The topological polar surface area (TPSA) is 102 Å². The van der Waals surface area contributed by atoms with E-state index >= 15 is 0 Å². The third-order valence-corrected chi connectivity index (χ3v) is 5.58. The molecule has 1 saturated heterocycles. The van der Waals surface area contributed by atoms with E-state index in [0.29, 0.717) is 5.82 Å². The van der Waals surface area contributed by atoms with E-state index in [0.717, 1.165) is 0 Å². The standard InChI is InChI=1S/C12H19N3O5S/c1-4-15(10-7-20-6-9(10)12(16)17)21(18,19)11-5-14(3)8(2)13-11/h5,9-10H,4,6-7H2,1-3H3,(H,16,17). The Hall–Kier alpha value is -1.45. The van der Waals surface area contributed by atoms with Crippen LogP contribution >= 0.6 is 0 Å². The molecule has 0 radical (unpaired) electrons. The van der Waals surface area contributed by atoms with Crippen LogP contribution < -0.4 is 0 Å². The highest BCUT2D eigenvalue weighted by molar-refractivity contribution is 7.89. The third kappa shape index (κ3) is 2.81. The number of aromatic nitrogens is 2. The van der Waals surface area contributed by atoms with Crippen molar-refractivity contribution in [3.8, 4) is 0 Å². The highest BCUT2D eigenvalue weighted by atomic mass is 32.2. The predicted molar refractivity (Wildman–Crippen MR) is 73.2 cm³/mol. The van der Waals surface area contributed by atoms with Gasteiger partial charge in [-0.2, -0.15) is 4.31 Å². The number of carboxylic acid groups (broad SMARTS) is 1. The molecule has 118 valence electrons. The van der Waals surface area contributed by atoms with E-state index in [1.807, 2.05) is 0 Å². The smallest absolute Gasteiger partial charge is 0.310 e. The lowest BCUT2D eigenvalue weighted by Gasteiger charge is -2.27. The maximum absolute atomic E-state index is 12.7. The van der Waals surface area contributed by atoms with E-state index in [2.05, 4.69) is 4.98 Å². The molecular formula is C12H19N3O5S. The summed E-state index contributed by atoms with van der Waals surface area (Å²) in [5, 5.41) is 9.12. The summed E-state index contributed by atoms with van der Waals surface area (Å²) >= 11 is 0. The second-order valence-corrected chi connectivity index (χ2v) is 6.83. The normalized spacial score (nSPS) is 22.9. The number of hydrogen-bond donors (Lipinski definition) is 1. The van der Waals surface area contributed by atoms with E-state index in [1.54, 1.807) is 25.5 Å². The number of aliphatic carboxylic acids is 1. The lowest BCUT2D eigenvalue weighted by atomic mass is 10.0. The van der Waals surface area contributed by atoms with E-state index in [4.69, 9.17) is 4.74 Å². The van der Waals surface area contributed by atoms with Crippen molar-refractivity contribution in [3.05, 3.63) is 12.0 Å². The van der Waals surface area contributed by atoms with Gasteiger partial charge in [0.05, 0.1) is 25.2 Å². The van der Waals surface area contributed by atoms with Crippen molar-refractivity contribution in [2.24, 2.45) is 13.0 Å². The summed E-state index contributed by atoms with van der Waals surface area (Å²) in [5.74, 6) is -1.34. The highest BCUT2D eigenvalue weighted by Gasteiger charge is 2.43. The maximum atomic E-state index is 12.7.